The molecule has 3 fully saturated rings. The van der Waals surface area contributed by atoms with Gasteiger partial charge in [0.1, 0.15) is 5.78 Å². The molecule has 0 spiro atoms. The van der Waals surface area contributed by atoms with Gasteiger partial charge in [-0.1, -0.05) is 30.3 Å². The molecule has 7 rings (SSSR count). The maximum atomic E-state index is 13.3. The summed E-state index contributed by atoms with van der Waals surface area (Å²) in [5, 5.41) is 11.9. The molecule has 0 aliphatic heterocycles. The SMILES string of the molecule is O=C1CC2CCC(C1)C2c1ccc(-c2n[nH]c3ccc(C(=O)N[C@@H](c4ccccn4)C4CC4)cc23)cc1. The van der Waals surface area contributed by atoms with Gasteiger partial charge >= 0.3 is 0 Å². The van der Waals surface area contributed by atoms with Gasteiger partial charge in [-0.05, 0) is 85.3 Å². The van der Waals surface area contributed by atoms with E-state index in [4.69, 9.17) is 0 Å². The average Bonchev–Trinajstić information content (AvgIpc) is 3.62. The van der Waals surface area contributed by atoms with Crippen molar-refractivity contribution in [3.63, 3.8) is 0 Å². The van der Waals surface area contributed by atoms with Gasteiger partial charge in [-0.25, -0.2) is 0 Å². The summed E-state index contributed by atoms with van der Waals surface area (Å²) in [7, 11) is 0. The van der Waals surface area contributed by atoms with E-state index in [0.29, 0.717) is 35.0 Å². The molecule has 2 N–H and O–H groups in total. The van der Waals surface area contributed by atoms with Crippen molar-refractivity contribution in [2.75, 3.05) is 0 Å². The van der Waals surface area contributed by atoms with Gasteiger partial charge in [0.05, 0.1) is 22.9 Å². The van der Waals surface area contributed by atoms with E-state index >= 15 is 0 Å². The van der Waals surface area contributed by atoms with Crippen molar-refractivity contribution >= 4 is 22.6 Å². The summed E-state index contributed by atoms with van der Waals surface area (Å²) in [6.07, 6.45) is 7.81. The fraction of sp³-hybridized carbons (Fsp3) is 0.355. The van der Waals surface area contributed by atoms with Crippen LogP contribution in [0.3, 0.4) is 0 Å². The second-order valence-electron chi connectivity index (χ2n) is 11.1. The molecule has 3 aliphatic carbocycles. The Morgan fingerprint density at radius 3 is 2.43 bits per heavy atom. The fourth-order valence-corrected chi connectivity index (χ4v) is 6.73. The molecule has 0 saturated heterocycles. The number of fused-ring (bicyclic) bond motifs is 3. The Balaban J connectivity index is 1.14. The zero-order valence-corrected chi connectivity index (χ0v) is 20.7. The van der Waals surface area contributed by atoms with Crippen LogP contribution in [0.2, 0.25) is 0 Å². The van der Waals surface area contributed by atoms with E-state index < -0.39 is 0 Å². The third kappa shape index (κ3) is 4.14. The van der Waals surface area contributed by atoms with E-state index in [1.54, 1.807) is 6.20 Å². The number of aromatic amines is 1. The Labute approximate surface area is 215 Å². The summed E-state index contributed by atoms with van der Waals surface area (Å²) in [6.45, 7) is 0. The van der Waals surface area contributed by atoms with Crippen LogP contribution < -0.4 is 5.32 Å². The zero-order valence-electron chi connectivity index (χ0n) is 20.7. The molecule has 4 aromatic rings. The fourth-order valence-electron chi connectivity index (χ4n) is 6.73. The summed E-state index contributed by atoms with van der Waals surface area (Å²) in [5.74, 6) is 2.28. The van der Waals surface area contributed by atoms with Crippen molar-refractivity contribution in [1.82, 2.24) is 20.5 Å². The Morgan fingerprint density at radius 1 is 0.946 bits per heavy atom. The van der Waals surface area contributed by atoms with Crippen molar-refractivity contribution in [3.8, 4) is 11.3 Å². The van der Waals surface area contributed by atoms with Crippen LogP contribution in [0.1, 0.15) is 72.1 Å². The minimum atomic E-state index is -0.0886. The van der Waals surface area contributed by atoms with Gasteiger partial charge in [-0.2, -0.15) is 5.10 Å². The van der Waals surface area contributed by atoms with Crippen LogP contribution >= 0.6 is 0 Å². The van der Waals surface area contributed by atoms with Crippen molar-refractivity contribution in [2.45, 2.75) is 50.5 Å². The van der Waals surface area contributed by atoms with Gasteiger partial charge in [-0.3, -0.25) is 19.7 Å². The Hall–Kier alpha value is -3.80. The maximum Gasteiger partial charge on any atom is 0.251 e. The van der Waals surface area contributed by atoms with Crippen LogP contribution in [0.4, 0.5) is 0 Å². The first-order valence-electron chi connectivity index (χ1n) is 13.5. The van der Waals surface area contributed by atoms with Gasteiger partial charge < -0.3 is 5.32 Å². The molecule has 6 nitrogen and oxygen atoms in total. The highest BCUT2D eigenvalue weighted by Crippen LogP contribution is 2.51. The Morgan fingerprint density at radius 2 is 1.73 bits per heavy atom. The van der Waals surface area contributed by atoms with E-state index in [-0.39, 0.29) is 11.9 Å². The first kappa shape index (κ1) is 22.4. The summed E-state index contributed by atoms with van der Waals surface area (Å²) in [4.78, 5) is 29.8. The largest absolute Gasteiger partial charge is 0.343 e. The molecule has 3 aliphatic rings. The molecular formula is C31H30N4O2. The second-order valence-corrected chi connectivity index (χ2v) is 11.1. The van der Waals surface area contributed by atoms with Crippen LogP contribution in [0.5, 0.6) is 0 Å². The molecule has 37 heavy (non-hydrogen) atoms. The number of carbonyl (C=O) groups excluding carboxylic acids is 2. The van der Waals surface area contributed by atoms with Gasteiger partial charge in [0.2, 0.25) is 0 Å². The van der Waals surface area contributed by atoms with Crippen LogP contribution in [-0.2, 0) is 4.79 Å². The number of amides is 1. The van der Waals surface area contributed by atoms with Crippen LogP contribution in [-0.4, -0.2) is 26.9 Å². The molecular weight excluding hydrogens is 460 g/mol. The number of Topliss-reactive ketones (excluding diaryl/α,β-unsaturated/α-hetero) is 1. The summed E-state index contributed by atoms with van der Waals surface area (Å²) < 4.78 is 0. The molecule has 2 heterocycles. The van der Waals surface area contributed by atoms with Gasteiger partial charge in [0, 0.05) is 35.6 Å². The second kappa shape index (κ2) is 8.94. The molecule has 0 radical (unpaired) electrons. The molecule has 186 valence electrons. The predicted molar refractivity (Wildman–Crippen MR) is 142 cm³/mol. The lowest BCUT2D eigenvalue weighted by Gasteiger charge is -2.29. The lowest BCUT2D eigenvalue weighted by Crippen LogP contribution is -2.30. The molecule has 3 saturated carbocycles. The lowest BCUT2D eigenvalue weighted by molar-refractivity contribution is -0.122. The number of carbonyl (C=O) groups is 2. The summed E-state index contributed by atoms with van der Waals surface area (Å²) >= 11 is 0. The lowest BCUT2D eigenvalue weighted by atomic mass is 9.74. The minimum Gasteiger partial charge on any atom is -0.343 e. The molecule has 2 aromatic carbocycles. The van der Waals surface area contributed by atoms with E-state index in [9.17, 15) is 9.59 Å². The van der Waals surface area contributed by atoms with Gasteiger partial charge in [0.15, 0.2) is 0 Å². The standard InChI is InChI=1S/C31H30N4O2/c36-24-15-21-10-11-22(16-24)28(21)18-4-6-19(7-5-18)29-25-17-23(12-13-26(25)34-35-29)31(37)33-30(20-8-9-20)27-3-1-2-14-32-27/h1-7,12-14,17,20-22,28,30H,8-11,15-16H2,(H,33,37)(H,34,35)/t21?,22?,28?,30-/m1/s1. The van der Waals surface area contributed by atoms with Crippen LogP contribution in [0, 0.1) is 17.8 Å². The van der Waals surface area contributed by atoms with Gasteiger partial charge in [-0.15, -0.1) is 0 Å². The Kier molecular flexibility index (Phi) is 5.41. The molecule has 1 amide bonds. The van der Waals surface area contributed by atoms with E-state index in [0.717, 1.165) is 53.5 Å². The van der Waals surface area contributed by atoms with Gasteiger partial charge in [0.25, 0.3) is 5.91 Å². The van der Waals surface area contributed by atoms with E-state index in [1.165, 1.54) is 18.4 Å². The number of H-pyrrole nitrogens is 1. The zero-order chi connectivity index (χ0) is 24.9. The van der Waals surface area contributed by atoms with Crippen LogP contribution in [0.25, 0.3) is 22.2 Å². The molecule has 2 unspecified atom stereocenters. The highest BCUT2D eigenvalue weighted by molar-refractivity contribution is 6.01. The predicted octanol–water partition coefficient (Wildman–Crippen LogP) is 5.98. The first-order valence-corrected chi connectivity index (χ1v) is 13.5. The number of nitrogens with one attached hydrogen (secondary N) is 2. The minimum absolute atomic E-state index is 0.0638. The smallest absolute Gasteiger partial charge is 0.251 e. The highest BCUT2D eigenvalue weighted by Gasteiger charge is 2.42. The topological polar surface area (TPSA) is 87.7 Å². The highest BCUT2D eigenvalue weighted by atomic mass is 16.1. The number of hydrogen-bond acceptors (Lipinski definition) is 4. The summed E-state index contributed by atoms with van der Waals surface area (Å²) in [6, 6.07) is 20.2. The van der Waals surface area contributed by atoms with E-state index in [2.05, 4.69) is 44.8 Å². The van der Waals surface area contributed by atoms with Crippen LogP contribution in [0.15, 0.2) is 66.9 Å². The molecule has 2 bridgehead atoms. The monoisotopic (exact) mass is 490 g/mol. The quantitative estimate of drug-likeness (QED) is 0.348. The Bertz CT molecular complexity index is 1460. The normalized spacial score (nSPS) is 23.8. The third-order valence-electron chi connectivity index (χ3n) is 8.68. The number of nitrogens with zero attached hydrogens (tertiary/aromatic N) is 2. The number of benzene rings is 2. The maximum absolute atomic E-state index is 13.3. The van der Waals surface area contributed by atoms with Crippen molar-refractivity contribution < 1.29 is 9.59 Å². The van der Waals surface area contributed by atoms with Crippen molar-refractivity contribution in [3.05, 3.63) is 83.7 Å². The average molecular weight is 491 g/mol. The third-order valence-corrected chi connectivity index (χ3v) is 8.68. The molecule has 2 aromatic heterocycles. The first-order chi connectivity index (χ1) is 18.1. The number of aromatic nitrogens is 3. The van der Waals surface area contributed by atoms with Crippen molar-refractivity contribution in [1.29, 1.82) is 0 Å². The number of ketones is 1. The number of pyridine rings is 1. The molecule has 6 heteroatoms. The van der Waals surface area contributed by atoms with Crippen molar-refractivity contribution in [2.24, 2.45) is 17.8 Å². The van der Waals surface area contributed by atoms with E-state index in [1.807, 2.05) is 36.4 Å². The number of rotatable bonds is 6. The molecule has 3 atom stereocenters. The number of hydrogen-bond donors (Lipinski definition) is 2. The summed E-state index contributed by atoms with van der Waals surface area (Å²) in [5.41, 5.74) is 5.65.